The maximum atomic E-state index is 12.5. The Bertz CT molecular complexity index is 842. The zero-order valence-electron chi connectivity index (χ0n) is 12.7. The van der Waals surface area contributed by atoms with Gasteiger partial charge in [-0.1, -0.05) is 29.4 Å². The van der Waals surface area contributed by atoms with E-state index >= 15 is 0 Å². The average molecular weight is 347 g/mol. The first-order chi connectivity index (χ1) is 11.1. The molecule has 1 N–H and O–H groups in total. The van der Waals surface area contributed by atoms with Gasteiger partial charge in [0.2, 0.25) is 0 Å². The number of benzene rings is 1. The molecular weight excluding hydrogens is 332 g/mol. The van der Waals surface area contributed by atoms with Gasteiger partial charge in [0.25, 0.3) is 0 Å². The van der Waals surface area contributed by atoms with Gasteiger partial charge in [0.05, 0.1) is 5.75 Å². The van der Waals surface area contributed by atoms with E-state index < -0.39 is 0 Å². The van der Waals surface area contributed by atoms with E-state index in [-0.39, 0.29) is 5.78 Å². The summed E-state index contributed by atoms with van der Waals surface area (Å²) >= 11 is 7.42. The number of ketones is 1. The minimum Gasteiger partial charge on any atom is -0.318 e. The van der Waals surface area contributed by atoms with E-state index in [1.165, 1.54) is 18.1 Å². The highest BCUT2D eigenvalue weighted by atomic mass is 35.5. The van der Waals surface area contributed by atoms with Crippen LogP contribution in [0.1, 0.15) is 21.7 Å². The summed E-state index contributed by atoms with van der Waals surface area (Å²) in [5.74, 6) is 0.377. The van der Waals surface area contributed by atoms with E-state index in [2.05, 4.69) is 15.2 Å². The minimum absolute atomic E-state index is 0.0628. The predicted molar refractivity (Wildman–Crippen MR) is 91.7 cm³/mol. The van der Waals surface area contributed by atoms with Crippen LogP contribution in [0.3, 0.4) is 0 Å². The number of halogens is 1. The van der Waals surface area contributed by atoms with Gasteiger partial charge < -0.3 is 4.57 Å². The van der Waals surface area contributed by atoms with Gasteiger partial charge in [-0.3, -0.25) is 9.89 Å². The lowest BCUT2D eigenvalue weighted by molar-refractivity contribution is 0.102. The highest BCUT2D eigenvalue weighted by molar-refractivity contribution is 7.99. The number of nitrogens with zero attached hydrogens (tertiary/aromatic N) is 3. The number of hydrogen-bond donors (Lipinski definition) is 1. The Morgan fingerprint density at radius 3 is 2.87 bits per heavy atom. The molecule has 23 heavy (non-hydrogen) atoms. The zero-order valence-corrected chi connectivity index (χ0v) is 14.3. The number of hydrogen-bond acceptors (Lipinski definition) is 4. The van der Waals surface area contributed by atoms with E-state index in [1.807, 2.05) is 48.7 Å². The second kappa shape index (κ2) is 6.60. The maximum Gasteiger partial charge on any atom is 0.183 e. The summed E-state index contributed by atoms with van der Waals surface area (Å²) in [7, 11) is 0. The first-order valence-corrected chi connectivity index (χ1v) is 8.39. The fourth-order valence-corrected chi connectivity index (χ4v) is 3.38. The molecule has 118 valence electrons. The monoisotopic (exact) mass is 346 g/mol. The highest BCUT2D eigenvalue weighted by Crippen LogP contribution is 2.24. The molecule has 1 aromatic carbocycles. The van der Waals surface area contributed by atoms with Crippen molar-refractivity contribution in [3.05, 3.63) is 58.6 Å². The van der Waals surface area contributed by atoms with Crippen LogP contribution in [0.25, 0.3) is 5.69 Å². The number of Topliss-reactive ketones (excluding diaryl/α,β-unsaturated/α-hetero) is 1. The van der Waals surface area contributed by atoms with Gasteiger partial charge in [-0.15, -0.1) is 0 Å². The van der Waals surface area contributed by atoms with E-state index in [0.717, 1.165) is 22.6 Å². The molecule has 0 aliphatic heterocycles. The van der Waals surface area contributed by atoms with Crippen LogP contribution in [-0.2, 0) is 0 Å². The number of H-pyrrole nitrogens is 1. The van der Waals surface area contributed by atoms with Crippen LogP contribution in [0.2, 0.25) is 5.02 Å². The van der Waals surface area contributed by atoms with E-state index in [9.17, 15) is 4.79 Å². The normalized spacial score (nSPS) is 10.9. The van der Waals surface area contributed by atoms with Gasteiger partial charge in [-0.25, -0.2) is 4.98 Å². The first kappa shape index (κ1) is 15.8. The summed E-state index contributed by atoms with van der Waals surface area (Å²) in [4.78, 5) is 16.5. The molecule has 3 aromatic rings. The van der Waals surface area contributed by atoms with Crippen LogP contribution in [0.5, 0.6) is 0 Å². The van der Waals surface area contributed by atoms with Crippen LogP contribution in [0.4, 0.5) is 0 Å². The quantitative estimate of drug-likeness (QED) is 0.563. The maximum absolute atomic E-state index is 12.5. The van der Waals surface area contributed by atoms with Crippen molar-refractivity contribution in [2.75, 3.05) is 5.75 Å². The molecule has 0 saturated heterocycles. The first-order valence-electron chi connectivity index (χ1n) is 7.02. The van der Waals surface area contributed by atoms with E-state index in [1.54, 1.807) is 0 Å². The Morgan fingerprint density at radius 1 is 1.35 bits per heavy atom. The lowest BCUT2D eigenvalue weighted by Gasteiger charge is -2.10. The number of aromatic nitrogens is 4. The van der Waals surface area contributed by atoms with Crippen molar-refractivity contribution in [3.63, 3.8) is 0 Å². The van der Waals surface area contributed by atoms with E-state index in [0.29, 0.717) is 15.9 Å². The second-order valence-corrected chi connectivity index (χ2v) is 6.50. The highest BCUT2D eigenvalue weighted by Gasteiger charge is 2.17. The summed E-state index contributed by atoms with van der Waals surface area (Å²) in [6.45, 7) is 3.93. The molecule has 0 unspecified atom stereocenters. The molecule has 7 heteroatoms. The Labute approximate surface area is 143 Å². The fraction of sp³-hybridized carbons (Fsp3) is 0.188. The number of rotatable bonds is 5. The molecule has 0 amide bonds. The summed E-state index contributed by atoms with van der Waals surface area (Å²) < 4.78 is 2.04. The summed E-state index contributed by atoms with van der Waals surface area (Å²) in [5.41, 5.74) is 3.58. The molecular formula is C16H15ClN4OS. The van der Waals surface area contributed by atoms with Crippen LogP contribution in [0.15, 0.2) is 41.8 Å². The van der Waals surface area contributed by atoms with Crippen LogP contribution < -0.4 is 0 Å². The topological polar surface area (TPSA) is 63.6 Å². The molecule has 2 heterocycles. The van der Waals surface area contributed by atoms with Crippen molar-refractivity contribution in [2.45, 2.75) is 19.0 Å². The SMILES string of the molecule is Cc1cc(C(=O)CSc2ncn[nH]2)c(C)n1-c1cccc(Cl)c1. The molecule has 0 bridgehead atoms. The summed E-state index contributed by atoms with van der Waals surface area (Å²) in [6.07, 6.45) is 1.43. The molecule has 0 saturated carbocycles. The Hall–Kier alpha value is -2.05. The van der Waals surface area contributed by atoms with Gasteiger partial charge >= 0.3 is 0 Å². The number of carbonyl (C=O) groups excluding carboxylic acids is 1. The summed E-state index contributed by atoms with van der Waals surface area (Å²) in [6, 6.07) is 9.51. The standard InChI is InChI=1S/C16H15ClN4OS/c1-10-6-14(15(22)8-23-16-18-9-19-20-16)11(2)21(10)13-5-3-4-12(17)7-13/h3-7,9H,8H2,1-2H3,(H,18,19,20). The number of nitrogens with one attached hydrogen (secondary N) is 1. The van der Waals surface area contributed by atoms with Crippen molar-refractivity contribution >= 4 is 29.1 Å². The summed E-state index contributed by atoms with van der Waals surface area (Å²) in [5, 5.41) is 7.82. The smallest absolute Gasteiger partial charge is 0.183 e. The number of thioether (sulfide) groups is 1. The van der Waals surface area contributed by atoms with Gasteiger partial charge in [0, 0.05) is 27.7 Å². The van der Waals surface area contributed by atoms with Crippen molar-refractivity contribution in [1.29, 1.82) is 0 Å². The van der Waals surface area contributed by atoms with Crippen LogP contribution in [0, 0.1) is 13.8 Å². The third-order valence-corrected chi connectivity index (χ3v) is 4.64. The van der Waals surface area contributed by atoms with Crippen molar-refractivity contribution in [2.24, 2.45) is 0 Å². The molecule has 5 nitrogen and oxygen atoms in total. The second-order valence-electron chi connectivity index (χ2n) is 5.10. The fourth-order valence-electron chi connectivity index (χ4n) is 2.53. The minimum atomic E-state index is 0.0628. The lowest BCUT2D eigenvalue weighted by Crippen LogP contribution is -2.05. The molecule has 0 aliphatic rings. The number of carbonyl (C=O) groups is 1. The number of aromatic amines is 1. The lowest BCUT2D eigenvalue weighted by atomic mass is 10.2. The Morgan fingerprint density at radius 2 is 2.17 bits per heavy atom. The van der Waals surface area contributed by atoms with Crippen molar-refractivity contribution in [1.82, 2.24) is 19.7 Å². The molecule has 3 rings (SSSR count). The molecule has 0 spiro atoms. The zero-order chi connectivity index (χ0) is 16.4. The average Bonchev–Trinajstić information content (AvgIpc) is 3.13. The van der Waals surface area contributed by atoms with Gasteiger partial charge in [-0.2, -0.15) is 5.10 Å². The van der Waals surface area contributed by atoms with Crippen LogP contribution in [-0.4, -0.2) is 31.3 Å². The molecule has 0 atom stereocenters. The molecule has 0 aliphatic carbocycles. The van der Waals surface area contributed by atoms with Crippen molar-refractivity contribution < 1.29 is 4.79 Å². The molecule has 0 fully saturated rings. The molecule has 0 radical (unpaired) electrons. The van der Waals surface area contributed by atoms with Crippen LogP contribution >= 0.6 is 23.4 Å². The van der Waals surface area contributed by atoms with E-state index in [4.69, 9.17) is 11.6 Å². The van der Waals surface area contributed by atoms with Gasteiger partial charge in [0.1, 0.15) is 6.33 Å². The molecule has 2 aromatic heterocycles. The Kier molecular flexibility index (Phi) is 4.54. The van der Waals surface area contributed by atoms with Gasteiger partial charge in [-0.05, 0) is 38.1 Å². The van der Waals surface area contributed by atoms with Gasteiger partial charge in [0.15, 0.2) is 10.9 Å². The third-order valence-electron chi connectivity index (χ3n) is 3.53. The predicted octanol–water partition coefficient (Wildman–Crippen LogP) is 3.84. The Balaban J connectivity index is 1.86. The number of aryl methyl sites for hydroxylation is 1. The largest absolute Gasteiger partial charge is 0.318 e. The van der Waals surface area contributed by atoms with Crippen molar-refractivity contribution in [3.8, 4) is 5.69 Å². The third kappa shape index (κ3) is 3.33.